The second kappa shape index (κ2) is 6.14. The molecule has 1 amide bonds. The molecule has 0 saturated heterocycles. The Labute approximate surface area is 122 Å². The molecule has 0 aromatic carbocycles. The number of alkyl halides is 3. The van der Waals surface area contributed by atoms with Crippen LogP contribution in [0.25, 0.3) is 0 Å². The zero-order chi connectivity index (χ0) is 15.7. The van der Waals surface area contributed by atoms with E-state index in [0.29, 0.717) is 25.7 Å². The van der Waals surface area contributed by atoms with E-state index in [-0.39, 0.29) is 12.8 Å². The molecule has 2 rings (SSSR count). The molecule has 0 unspecified atom stereocenters. The molecule has 2 atom stereocenters. The Kier molecular flexibility index (Phi) is 4.85. The molecule has 0 heterocycles. The van der Waals surface area contributed by atoms with Gasteiger partial charge in [-0.05, 0) is 25.7 Å². The highest BCUT2D eigenvalue weighted by atomic mass is 32.2. The average Bonchev–Trinajstić information content (AvgIpc) is 2.92. The summed E-state index contributed by atoms with van der Waals surface area (Å²) in [5, 5.41) is -0.644. The van der Waals surface area contributed by atoms with Crippen molar-refractivity contribution in [1.29, 1.82) is 0 Å². The van der Waals surface area contributed by atoms with Crippen molar-refractivity contribution in [3.8, 4) is 0 Å². The Hall–Kier alpha value is -0.790. The van der Waals surface area contributed by atoms with Crippen molar-refractivity contribution < 1.29 is 26.4 Å². The Morgan fingerprint density at radius 3 is 2.05 bits per heavy atom. The molecular weight excluding hydrogens is 307 g/mol. The summed E-state index contributed by atoms with van der Waals surface area (Å²) in [6.45, 7) is 0. The summed E-state index contributed by atoms with van der Waals surface area (Å²) in [7, 11) is -3.84. The Bertz CT molecular complexity index is 483. The van der Waals surface area contributed by atoms with Crippen LogP contribution in [-0.2, 0) is 14.8 Å². The molecule has 2 saturated carbocycles. The van der Waals surface area contributed by atoms with Crippen molar-refractivity contribution in [1.82, 2.24) is 4.72 Å². The molecule has 2 fully saturated rings. The normalized spacial score (nSPS) is 28.5. The maximum absolute atomic E-state index is 13.0. The topological polar surface area (TPSA) is 63.2 Å². The Balaban J connectivity index is 2.07. The highest BCUT2D eigenvalue weighted by molar-refractivity contribution is 7.90. The van der Waals surface area contributed by atoms with Gasteiger partial charge in [-0.25, -0.2) is 8.42 Å². The summed E-state index contributed by atoms with van der Waals surface area (Å²) >= 11 is 0. The second-order valence-electron chi connectivity index (χ2n) is 5.96. The van der Waals surface area contributed by atoms with E-state index in [1.54, 1.807) is 0 Å². The Morgan fingerprint density at radius 2 is 1.48 bits per heavy atom. The van der Waals surface area contributed by atoms with Crippen LogP contribution < -0.4 is 4.72 Å². The largest absolute Gasteiger partial charge is 0.392 e. The minimum Gasteiger partial charge on any atom is -0.274 e. The molecule has 1 N–H and O–H groups in total. The van der Waals surface area contributed by atoms with E-state index in [0.717, 1.165) is 12.8 Å². The summed E-state index contributed by atoms with van der Waals surface area (Å²) in [5.74, 6) is -4.00. The lowest BCUT2D eigenvalue weighted by atomic mass is 9.78. The van der Waals surface area contributed by atoms with E-state index in [2.05, 4.69) is 0 Å². The minimum absolute atomic E-state index is 0.0934. The van der Waals surface area contributed by atoms with E-state index >= 15 is 0 Å². The van der Waals surface area contributed by atoms with Gasteiger partial charge in [0, 0.05) is 0 Å². The minimum atomic E-state index is -4.46. The molecule has 0 aromatic rings. The monoisotopic (exact) mass is 327 g/mol. The van der Waals surface area contributed by atoms with Crippen LogP contribution in [0.1, 0.15) is 51.4 Å². The van der Waals surface area contributed by atoms with Crippen molar-refractivity contribution in [3.05, 3.63) is 0 Å². The molecule has 21 heavy (non-hydrogen) atoms. The van der Waals surface area contributed by atoms with Crippen LogP contribution in [0.15, 0.2) is 0 Å². The molecule has 122 valence electrons. The molecule has 0 spiro atoms. The fraction of sp³-hybridized carbons (Fsp3) is 0.923. The third-order valence-electron chi connectivity index (χ3n) is 4.51. The number of hydrogen-bond acceptors (Lipinski definition) is 3. The molecule has 0 bridgehead atoms. The number of sulfonamides is 1. The van der Waals surface area contributed by atoms with Gasteiger partial charge < -0.3 is 0 Å². The van der Waals surface area contributed by atoms with Crippen LogP contribution in [0.5, 0.6) is 0 Å². The lowest BCUT2D eigenvalue weighted by Gasteiger charge is -2.32. The fourth-order valence-electron chi connectivity index (χ4n) is 3.33. The zero-order valence-corrected chi connectivity index (χ0v) is 12.5. The van der Waals surface area contributed by atoms with Gasteiger partial charge in [0.2, 0.25) is 15.9 Å². The van der Waals surface area contributed by atoms with Crippen LogP contribution in [0.3, 0.4) is 0 Å². The fourth-order valence-corrected chi connectivity index (χ4v) is 4.89. The summed E-state index contributed by atoms with van der Waals surface area (Å²) in [4.78, 5) is 12.0. The highest BCUT2D eigenvalue weighted by Crippen LogP contribution is 2.41. The third kappa shape index (κ3) is 3.90. The predicted octanol–water partition coefficient (Wildman–Crippen LogP) is 2.74. The second-order valence-corrected chi connectivity index (χ2v) is 7.92. The summed E-state index contributed by atoms with van der Waals surface area (Å²) in [6.07, 6.45) is -1.05. The van der Waals surface area contributed by atoms with E-state index in [1.807, 2.05) is 4.72 Å². The highest BCUT2D eigenvalue weighted by Gasteiger charge is 2.48. The van der Waals surface area contributed by atoms with Crippen LogP contribution in [0.2, 0.25) is 0 Å². The van der Waals surface area contributed by atoms with Gasteiger partial charge in [0.25, 0.3) is 0 Å². The molecule has 2 aliphatic carbocycles. The van der Waals surface area contributed by atoms with E-state index in [9.17, 15) is 26.4 Å². The lowest BCUT2D eigenvalue weighted by molar-refractivity contribution is -0.197. The third-order valence-corrected chi connectivity index (χ3v) is 6.34. The van der Waals surface area contributed by atoms with Gasteiger partial charge >= 0.3 is 6.18 Å². The number of nitrogens with one attached hydrogen (secondary N) is 1. The lowest BCUT2D eigenvalue weighted by Crippen LogP contribution is -2.46. The van der Waals surface area contributed by atoms with E-state index in [4.69, 9.17) is 0 Å². The SMILES string of the molecule is O=C(NS(=O)(=O)C1CCCC1)[C@H]1CCCC[C@H]1C(F)(F)F. The molecule has 0 radical (unpaired) electrons. The van der Waals surface area contributed by atoms with Crippen molar-refractivity contribution in [3.63, 3.8) is 0 Å². The summed E-state index contributed by atoms with van der Waals surface area (Å²) < 4.78 is 64.8. The van der Waals surface area contributed by atoms with Gasteiger partial charge in [-0.2, -0.15) is 13.2 Å². The number of carbonyl (C=O) groups is 1. The Morgan fingerprint density at radius 1 is 0.952 bits per heavy atom. The van der Waals surface area contributed by atoms with Crippen LogP contribution in [-0.4, -0.2) is 25.8 Å². The summed E-state index contributed by atoms with van der Waals surface area (Å²) in [5.41, 5.74) is 0. The van der Waals surface area contributed by atoms with E-state index in [1.165, 1.54) is 0 Å². The van der Waals surface area contributed by atoms with Gasteiger partial charge in [-0.1, -0.05) is 25.7 Å². The predicted molar refractivity (Wildman–Crippen MR) is 70.8 cm³/mol. The molecular formula is C13H20F3NO3S. The van der Waals surface area contributed by atoms with Crippen molar-refractivity contribution in [2.24, 2.45) is 11.8 Å². The van der Waals surface area contributed by atoms with Crippen molar-refractivity contribution >= 4 is 15.9 Å². The van der Waals surface area contributed by atoms with E-state index < -0.39 is 39.2 Å². The van der Waals surface area contributed by atoms with Gasteiger partial charge in [0.15, 0.2) is 0 Å². The zero-order valence-electron chi connectivity index (χ0n) is 11.7. The number of halogens is 3. The number of rotatable bonds is 3. The van der Waals surface area contributed by atoms with Crippen molar-refractivity contribution in [2.75, 3.05) is 0 Å². The first-order chi connectivity index (χ1) is 9.72. The standard InChI is InChI=1S/C13H20F3NO3S/c14-13(15,16)11-8-4-3-7-10(11)12(18)17-21(19,20)9-5-1-2-6-9/h9-11H,1-8H2,(H,17,18)/t10-,11+/m0/s1. The molecule has 2 aliphatic rings. The maximum atomic E-state index is 13.0. The van der Waals surface area contributed by atoms with Gasteiger partial charge in [-0.3, -0.25) is 9.52 Å². The number of amides is 1. The molecule has 4 nitrogen and oxygen atoms in total. The first kappa shape index (κ1) is 16.6. The van der Waals surface area contributed by atoms with Crippen LogP contribution >= 0.6 is 0 Å². The van der Waals surface area contributed by atoms with Crippen molar-refractivity contribution in [2.45, 2.75) is 62.8 Å². The smallest absolute Gasteiger partial charge is 0.274 e. The molecule has 0 aliphatic heterocycles. The van der Waals surface area contributed by atoms with Crippen LogP contribution in [0, 0.1) is 11.8 Å². The maximum Gasteiger partial charge on any atom is 0.392 e. The molecule has 8 heteroatoms. The molecule has 0 aromatic heterocycles. The van der Waals surface area contributed by atoms with Gasteiger partial charge in [0.1, 0.15) is 0 Å². The average molecular weight is 327 g/mol. The first-order valence-electron chi connectivity index (χ1n) is 7.34. The van der Waals surface area contributed by atoms with Gasteiger partial charge in [0.05, 0.1) is 17.1 Å². The summed E-state index contributed by atoms with van der Waals surface area (Å²) in [6, 6.07) is 0. The quantitative estimate of drug-likeness (QED) is 0.867. The number of carbonyl (C=O) groups excluding carboxylic acids is 1. The van der Waals surface area contributed by atoms with Crippen LogP contribution in [0.4, 0.5) is 13.2 Å². The first-order valence-corrected chi connectivity index (χ1v) is 8.88. The van der Waals surface area contributed by atoms with Gasteiger partial charge in [-0.15, -0.1) is 0 Å². The number of hydrogen-bond donors (Lipinski definition) is 1.